The molecule has 5 heteroatoms. The van der Waals surface area contributed by atoms with E-state index >= 15 is 0 Å². The lowest BCUT2D eigenvalue weighted by Crippen LogP contribution is -2.53. The summed E-state index contributed by atoms with van der Waals surface area (Å²) in [5, 5.41) is 7.85. The molecule has 2 aromatic rings. The SMILES string of the molecule is O=C(C1CCC(c2ccccc2)CC1)N1CC(n2ccnn2)C1. The Kier molecular flexibility index (Phi) is 3.85. The number of carbonyl (C=O) groups is 1. The van der Waals surface area contributed by atoms with E-state index < -0.39 is 0 Å². The molecule has 1 aliphatic heterocycles. The summed E-state index contributed by atoms with van der Waals surface area (Å²) in [4.78, 5) is 14.6. The van der Waals surface area contributed by atoms with Crippen LogP contribution in [0.3, 0.4) is 0 Å². The van der Waals surface area contributed by atoms with Gasteiger partial charge in [-0.05, 0) is 37.2 Å². The van der Waals surface area contributed by atoms with Gasteiger partial charge in [-0.3, -0.25) is 4.79 Å². The smallest absolute Gasteiger partial charge is 0.225 e. The van der Waals surface area contributed by atoms with Gasteiger partial charge in [-0.25, -0.2) is 4.68 Å². The largest absolute Gasteiger partial charge is 0.338 e. The maximum Gasteiger partial charge on any atom is 0.225 e. The number of nitrogens with zero attached hydrogens (tertiary/aromatic N) is 4. The van der Waals surface area contributed by atoms with E-state index in [-0.39, 0.29) is 5.92 Å². The highest BCUT2D eigenvalue weighted by atomic mass is 16.2. The number of carbonyl (C=O) groups excluding carboxylic acids is 1. The molecule has 4 rings (SSSR count). The summed E-state index contributed by atoms with van der Waals surface area (Å²) in [5.74, 6) is 1.18. The van der Waals surface area contributed by atoms with E-state index in [1.54, 1.807) is 6.20 Å². The Morgan fingerprint density at radius 3 is 2.43 bits per heavy atom. The number of hydrogen-bond acceptors (Lipinski definition) is 3. The highest BCUT2D eigenvalue weighted by molar-refractivity contribution is 5.79. The van der Waals surface area contributed by atoms with Gasteiger partial charge in [0.2, 0.25) is 5.91 Å². The molecule has 0 atom stereocenters. The summed E-state index contributed by atoms with van der Waals surface area (Å²) >= 11 is 0. The standard InChI is InChI=1S/C18H22N4O/c23-18(21-12-17(13-21)22-11-10-19-20-22)16-8-6-15(7-9-16)14-4-2-1-3-5-14/h1-5,10-11,15-17H,6-9,12-13H2. The first-order valence-corrected chi connectivity index (χ1v) is 8.51. The number of hydrogen-bond donors (Lipinski definition) is 0. The van der Waals surface area contributed by atoms with Crippen LogP contribution in [-0.2, 0) is 4.79 Å². The topological polar surface area (TPSA) is 51.0 Å². The second kappa shape index (κ2) is 6.14. The van der Waals surface area contributed by atoms with Crippen molar-refractivity contribution in [3.63, 3.8) is 0 Å². The molecule has 23 heavy (non-hydrogen) atoms. The molecule has 2 heterocycles. The first-order chi connectivity index (χ1) is 11.3. The van der Waals surface area contributed by atoms with Gasteiger partial charge in [0.25, 0.3) is 0 Å². The van der Waals surface area contributed by atoms with Crippen LogP contribution in [-0.4, -0.2) is 38.9 Å². The molecule has 1 aromatic heterocycles. The predicted molar refractivity (Wildman–Crippen MR) is 86.8 cm³/mol. The van der Waals surface area contributed by atoms with Crippen molar-refractivity contribution >= 4 is 5.91 Å². The summed E-state index contributed by atoms with van der Waals surface area (Å²) in [5.41, 5.74) is 1.42. The van der Waals surface area contributed by atoms with E-state index in [0.29, 0.717) is 17.9 Å². The fourth-order valence-corrected chi connectivity index (χ4v) is 3.87. The Morgan fingerprint density at radius 2 is 1.78 bits per heavy atom. The molecule has 0 unspecified atom stereocenters. The highest BCUT2D eigenvalue weighted by Gasteiger charge is 2.37. The summed E-state index contributed by atoms with van der Waals surface area (Å²) in [6.07, 6.45) is 7.85. The first-order valence-electron chi connectivity index (χ1n) is 8.51. The van der Waals surface area contributed by atoms with Gasteiger partial charge in [0.15, 0.2) is 0 Å². The van der Waals surface area contributed by atoms with Crippen molar-refractivity contribution in [2.24, 2.45) is 5.92 Å². The quantitative estimate of drug-likeness (QED) is 0.875. The molecule has 2 aliphatic rings. The van der Waals surface area contributed by atoms with Crippen molar-refractivity contribution in [2.75, 3.05) is 13.1 Å². The van der Waals surface area contributed by atoms with Gasteiger partial charge >= 0.3 is 0 Å². The second-order valence-corrected chi connectivity index (χ2v) is 6.74. The molecule has 1 amide bonds. The van der Waals surface area contributed by atoms with Gasteiger partial charge in [-0.15, -0.1) is 5.10 Å². The van der Waals surface area contributed by atoms with Crippen molar-refractivity contribution in [1.29, 1.82) is 0 Å². The molecule has 0 radical (unpaired) electrons. The van der Waals surface area contributed by atoms with Crippen LogP contribution in [0.4, 0.5) is 0 Å². The zero-order valence-electron chi connectivity index (χ0n) is 13.2. The minimum absolute atomic E-state index is 0.214. The minimum Gasteiger partial charge on any atom is -0.338 e. The summed E-state index contributed by atoms with van der Waals surface area (Å²) in [6.45, 7) is 1.56. The van der Waals surface area contributed by atoms with Crippen LogP contribution in [0.5, 0.6) is 0 Å². The van der Waals surface area contributed by atoms with Gasteiger partial charge in [0.1, 0.15) is 0 Å². The third-order valence-corrected chi connectivity index (χ3v) is 5.34. The van der Waals surface area contributed by atoms with Crippen LogP contribution in [0.25, 0.3) is 0 Å². The van der Waals surface area contributed by atoms with Crippen molar-refractivity contribution in [1.82, 2.24) is 19.9 Å². The molecule has 120 valence electrons. The fraction of sp³-hybridized carbons (Fsp3) is 0.500. The average Bonchev–Trinajstić information content (AvgIpc) is 3.08. The van der Waals surface area contributed by atoms with Gasteiger partial charge in [-0.1, -0.05) is 35.5 Å². The van der Waals surface area contributed by atoms with E-state index in [2.05, 4.69) is 40.6 Å². The van der Waals surface area contributed by atoms with Crippen LogP contribution in [0.2, 0.25) is 0 Å². The lowest BCUT2D eigenvalue weighted by Gasteiger charge is -2.41. The first kappa shape index (κ1) is 14.4. The molecule has 1 saturated carbocycles. The zero-order chi connectivity index (χ0) is 15.6. The minimum atomic E-state index is 0.214. The van der Waals surface area contributed by atoms with Gasteiger partial charge in [0.05, 0.1) is 12.2 Å². The van der Waals surface area contributed by atoms with E-state index in [0.717, 1.165) is 38.8 Å². The van der Waals surface area contributed by atoms with Gasteiger partial charge in [0, 0.05) is 25.2 Å². The third kappa shape index (κ3) is 2.87. The van der Waals surface area contributed by atoms with Crippen LogP contribution in [0.15, 0.2) is 42.7 Å². The molecule has 1 saturated heterocycles. The number of rotatable bonds is 3. The molecule has 1 aliphatic carbocycles. The Hall–Kier alpha value is -2.17. The lowest BCUT2D eigenvalue weighted by molar-refractivity contribution is -0.142. The Labute approximate surface area is 136 Å². The molecule has 1 aromatic carbocycles. The van der Waals surface area contributed by atoms with Crippen LogP contribution >= 0.6 is 0 Å². The molecule has 0 N–H and O–H groups in total. The summed E-state index contributed by atoms with van der Waals surface area (Å²) < 4.78 is 1.86. The van der Waals surface area contributed by atoms with Crippen LogP contribution in [0.1, 0.15) is 43.2 Å². The third-order valence-electron chi connectivity index (χ3n) is 5.34. The number of aromatic nitrogens is 3. The maximum absolute atomic E-state index is 12.6. The molecule has 0 bridgehead atoms. The molecular formula is C18H22N4O. The van der Waals surface area contributed by atoms with Crippen molar-refractivity contribution < 1.29 is 4.79 Å². The van der Waals surface area contributed by atoms with E-state index in [4.69, 9.17) is 0 Å². The molecule has 2 fully saturated rings. The Morgan fingerprint density at radius 1 is 1.04 bits per heavy atom. The lowest BCUT2D eigenvalue weighted by atomic mass is 9.78. The molecular weight excluding hydrogens is 288 g/mol. The maximum atomic E-state index is 12.6. The predicted octanol–water partition coefficient (Wildman–Crippen LogP) is 2.64. The summed E-state index contributed by atoms with van der Waals surface area (Å²) in [6, 6.07) is 11.0. The second-order valence-electron chi connectivity index (χ2n) is 6.74. The Balaban J connectivity index is 1.29. The normalized spacial score (nSPS) is 25.1. The number of benzene rings is 1. The van der Waals surface area contributed by atoms with Crippen molar-refractivity contribution in [3.05, 3.63) is 48.3 Å². The number of likely N-dealkylation sites (tertiary alicyclic amines) is 1. The fourth-order valence-electron chi connectivity index (χ4n) is 3.87. The van der Waals surface area contributed by atoms with E-state index in [1.165, 1.54) is 5.56 Å². The van der Waals surface area contributed by atoms with Crippen LogP contribution in [0, 0.1) is 5.92 Å². The Bertz CT molecular complexity index is 641. The number of amides is 1. The van der Waals surface area contributed by atoms with Crippen LogP contribution < -0.4 is 0 Å². The highest BCUT2D eigenvalue weighted by Crippen LogP contribution is 2.37. The molecule has 5 nitrogen and oxygen atoms in total. The monoisotopic (exact) mass is 310 g/mol. The van der Waals surface area contributed by atoms with Crippen molar-refractivity contribution in [3.8, 4) is 0 Å². The molecule has 0 spiro atoms. The van der Waals surface area contributed by atoms with E-state index in [1.807, 2.05) is 15.8 Å². The summed E-state index contributed by atoms with van der Waals surface area (Å²) in [7, 11) is 0. The average molecular weight is 310 g/mol. The van der Waals surface area contributed by atoms with E-state index in [9.17, 15) is 4.79 Å². The van der Waals surface area contributed by atoms with Crippen molar-refractivity contribution in [2.45, 2.75) is 37.6 Å². The van der Waals surface area contributed by atoms with Gasteiger partial charge in [-0.2, -0.15) is 0 Å². The van der Waals surface area contributed by atoms with Gasteiger partial charge < -0.3 is 4.90 Å². The zero-order valence-corrected chi connectivity index (χ0v) is 13.2.